The van der Waals surface area contributed by atoms with Crippen LogP contribution in [-0.4, -0.2) is 30.6 Å². The minimum Gasteiger partial charge on any atom is -0.497 e. The predicted molar refractivity (Wildman–Crippen MR) is 74.9 cm³/mol. The monoisotopic (exact) mass is 285 g/mol. The molecule has 1 aromatic rings. The number of carbonyl (C=O) groups excluding carboxylic acids is 2. The van der Waals surface area contributed by atoms with Crippen molar-refractivity contribution in [3.8, 4) is 5.75 Å². The number of benzene rings is 1. The molecule has 2 saturated heterocycles. The molecule has 2 amide bonds. The van der Waals surface area contributed by atoms with Gasteiger partial charge in [0, 0.05) is 0 Å². The van der Waals surface area contributed by atoms with Crippen molar-refractivity contribution in [2.75, 3.05) is 12.0 Å². The lowest BCUT2D eigenvalue weighted by Gasteiger charge is -2.24. The van der Waals surface area contributed by atoms with Crippen LogP contribution in [0.2, 0.25) is 0 Å². The number of imide groups is 1. The summed E-state index contributed by atoms with van der Waals surface area (Å²) in [6.45, 7) is 1.87. The summed E-state index contributed by atoms with van der Waals surface area (Å²) in [6, 6.07) is 6.95. The van der Waals surface area contributed by atoms with Gasteiger partial charge in [0.15, 0.2) is 0 Å². The van der Waals surface area contributed by atoms with Crippen molar-refractivity contribution in [1.29, 1.82) is 0 Å². The first-order valence-electron chi connectivity index (χ1n) is 6.94. The summed E-state index contributed by atoms with van der Waals surface area (Å²) in [6.07, 6.45) is 3.52. The Morgan fingerprint density at radius 3 is 2.52 bits per heavy atom. The number of carbonyl (C=O) groups is 2. The number of nitrogens with zero attached hydrogens (tertiary/aromatic N) is 1. The molecule has 2 fully saturated rings. The van der Waals surface area contributed by atoms with Gasteiger partial charge in [-0.25, -0.2) is 4.90 Å². The van der Waals surface area contributed by atoms with E-state index in [1.54, 1.807) is 31.4 Å². The van der Waals surface area contributed by atoms with E-state index in [-0.39, 0.29) is 17.9 Å². The largest absolute Gasteiger partial charge is 0.497 e. The maximum Gasteiger partial charge on any atom is 0.241 e. The highest BCUT2D eigenvalue weighted by atomic mass is 16.5. The number of hydrogen-bond donors (Lipinski definition) is 0. The molecule has 0 aliphatic carbocycles. The van der Waals surface area contributed by atoms with Gasteiger partial charge in [0.05, 0.1) is 36.3 Å². The van der Waals surface area contributed by atoms with Gasteiger partial charge in [0.1, 0.15) is 5.75 Å². The van der Waals surface area contributed by atoms with Crippen LogP contribution in [0.25, 0.3) is 0 Å². The van der Waals surface area contributed by atoms with E-state index in [1.165, 1.54) is 4.90 Å². The molecular weight excluding hydrogens is 270 g/mol. The predicted octanol–water partition coefficient (Wildman–Crippen LogP) is 1.53. The highest BCUT2D eigenvalue weighted by molar-refractivity contribution is 6.23. The summed E-state index contributed by atoms with van der Waals surface area (Å²) >= 11 is 0. The van der Waals surface area contributed by atoms with Crippen molar-refractivity contribution in [3.63, 3.8) is 0 Å². The molecule has 0 radical (unpaired) electrons. The summed E-state index contributed by atoms with van der Waals surface area (Å²) in [7, 11) is 1.58. The fourth-order valence-corrected chi connectivity index (χ4v) is 3.64. The summed E-state index contributed by atoms with van der Waals surface area (Å²) in [5.74, 6) is -0.468. The number of amides is 2. The molecule has 5 heteroatoms. The van der Waals surface area contributed by atoms with Gasteiger partial charge >= 0.3 is 0 Å². The zero-order chi connectivity index (χ0) is 14.8. The van der Waals surface area contributed by atoms with Crippen LogP contribution in [0, 0.1) is 11.8 Å². The fraction of sp³-hybridized carbons (Fsp3) is 0.375. The Morgan fingerprint density at radius 2 is 1.90 bits per heavy atom. The molecule has 4 rings (SSSR count). The van der Waals surface area contributed by atoms with Crippen molar-refractivity contribution in [1.82, 2.24) is 0 Å². The third kappa shape index (κ3) is 1.49. The van der Waals surface area contributed by atoms with E-state index < -0.39 is 17.4 Å². The second kappa shape index (κ2) is 3.95. The van der Waals surface area contributed by atoms with Gasteiger partial charge in [-0.2, -0.15) is 0 Å². The maximum atomic E-state index is 12.7. The highest BCUT2D eigenvalue weighted by Gasteiger charge is 2.65. The molecule has 3 aliphatic rings. The zero-order valence-corrected chi connectivity index (χ0v) is 11.8. The number of methoxy groups -OCH3 is 1. The Balaban J connectivity index is 1.72. The van der Waals surface area contributed by atoms with E-state index in [4.69, 9.17) is 9.47 Å². The van der Waals surface area contributed by atoms with Gasteiger partial charge in [-0.05, 0) is 31.2 Å². The van der Waals surface area contributed by atoms with E-state index in [1.807, 2.05) is 19.1 Å². The molecule has 1 aromatic carbocycles. The van der Waals surface area contributed by atoms with Crippen molar-refractivity contribution in [2.45, 2.75) is 18.6 Å². The average molecular weight is 285 g/mol. The SMILES string of the molecule is COc1ccc(N2C(=O)C3C4C=CC(C)(O4)C3C2=O)cc1. The van der Waals surface area contributed by atoms with Crippen LogP contribution in [0.15, 0.2) is 36.4 Å². The molecule has 4 atom stereocenters. The van der Waals surface area contributed by atoms with E-state index in [9.17, 15) is 9.59 Å². The number of hydrogen-bond acceptors (Lipinski definition) is 4. The molecular formula is C16H15NO4. The van der Waals surface area contributed by atoms with Crippen molar-refractivity contribution in [3.05, 3.63) is 36.4 Å². The van der Waals surface area contributed by atoms with Crippen LogP contribution >= 0.6 is 0 Å². The third-order valence-corrected chi connectivity index (χ3v) is 4.66. The molecule has 0 spiro atoms. The Morgan fingerprint density at radius 1 is 1.19 bits per heavy atom. The van der Waals surface area contributed by atoms with Crippen molar-refractivity contribution >= 4 is 17.5 Å². The van der Waals surface area contributed by atoms with Crippen LogP contribution in [0.4, 0.5) is 5.69 Å². The van der Waals surface area contributed by atoms with E-state index in [0.29, 0.717) is 11.4 Å². The van der Waals surface area contributed by atoms with Crippen LogP contribution in [0.5, 0.6) is 5.75 Å². The highest BCUT2D eigenvalue weighted by Crippen LogP contribution is 2.52. The normalized spacial score (nSPS) is 36.5. The van der Waals surface area contributed by atoms with E-state index >= 15 is 0 Å². The van der Waals surface area contributed by atoms with E-state index in [0.717, 1.165) is 0 Å². The average Bonchev–Trinajstić information content (AvgIpc) is 3.09. The molecule has 3 heterocycles. The first-order chi connectivity index (χ1) is 10.0. The standard InChI is InChI=1S/C16H15NO4/c1-16-8-7-11(21-16)12-13(16)15(19)17(14(12)18)9-3-5-10(20-2)6-4-9/h3-8,11-13H,1-2H3. The lowest BCUT2D eigenvalue weighted by atomic mass is 9.78. The van der Waals surface area contributed by atoms with Gasteiger partial charge in [-0.1, -0.05) is 12.2 Å². The van der Waals surface area contributed by atoms with Crippen LogP contribution < -0.4 is 9.64 Å². The fourth-order valence-electron chi connectivity index (χ4n) is 3.64. The Bertz CT molecular complexity index is 665. The summed E-state index contributed by atoms with van der Waals surface area (Å²) in [5, 5.41) is 0. The van der Waals surface area contributed by atoms with Crippen molar-refractivity contribution < 1.29 is 19.1 Å². The number of fused-ring (bicyclic) bond motifs is 5. The molecule has 108 valence electrons. The van der Waals surface area contributed by atoms with Gasteiger partial charge in [-0.15, -0.1) is 0 Å². The molecule has 5 nitrogen and oxygen atoms in total. The number of anilines is 1. The van der Waals surface area contributed by atoms with Gasteiger partial charge in [-0.3, -0.25) is 9.59 Å². The molecule has 2 bridgehead atoms. The minimum absolute atomic E-state index is 0.173. The molecule has 3 aliphatic heterocycles. The Kier molecular flexibility index (Phi) is 2.37. The van der Waals surface area contributed by atoms with Gasteiger partial charge in [0.2, 0.25) is 11.8 Å². The number of rotatable bonds is 2. The van der Waals surface area contributed by atoms with Crippen LogP contribution in [0.3, 0.4) is 0 Å². The second-order valence-electron chi connectivity index (χ2n) is 5.84. The maximum absolute atomic E-state index is 12.7. The summed E-state index contributed by atoms with van der Waals surface area (Å²) in [5.41, 5.74) is -0.0632. The Hall–Kier alpha value is -2.14. The smallest absolute Gasteiger partial charge is 0.241 e. The molecule has 0 N–H and O–H groups in total. The quantitative estimate of drug-likeness (QED) is 0.611. The molecule has 21 heavy (non-hydrogen) atoms. The summed E-state index contributed by atoms with van der Waals surface area (Å²) in [4.78, 5) is 26.6. The topological polar surface area (TPSA) is 55.8 Å². The first-order valence-corrected chi connectivity index (χ1v) is 6.94. The summed E-state index contributed by atoms with van der Waals surface area (Å²) < 4.78 is 10.9. The minimum atomic E-state index is -0.650. The van der Waals surface area contributed by atoms with Crippen LogP contribution in [-0.2, 0) is 14.3 Å². The van der Waals surface area contributed by atoms with Crippen molar-refractivity contribution in [2.24, 2.45) is 11.8 Å². The lowest BCUT2D eigenvalue weighted by Crippen LogP contribution is -2.38. The molecule has 4 unspecified atom stereocenters. The van der Waals surface area contributed by atoms with Gasteiger partial charge < -0.3 is 9.47 Å². The Labute approximate surface area is 122 Å². The number of ether oxygens (including phenoxy) is 2. The molecule has 0 saturated carbocycles. The third-order valence-electron chi connectivity index (χ3n) is 4.66. The van der Waals surface area contributed by atoms with E-state index in [2.05, 4.69) is 0 Å². The first kappa shape index (κ1) is 12.6. The lowest BCUT2D eigenvalue weighted by molar-refractivity contribution is -0.126. The molecule has 0 aromatic heterocycles. The van der Waals surface area contributed by atoms with Gasteiger partial charge in [0.25, 0.3) is 0 Å². The zero-order valence-electron chi connectivity index (χ0n) is 11.8. The van der Waals surface area contributed by atoms with Crippen LogP contribution in [0.1, 0.15) is 6.92 Å². The second-order valence-corrected chi connectivity index (χ2v) is 5.84.